The molecule has 2 N–H and O–H groups in total. The van der Waals surface area contributed by atoms with Crippen LogP contribution in [0.15, 0.2) is 18.2 Å². The molecular weight excluding hydrogens is 266 g/mol. The van der Waals surface area contributed by atoms with Crippen LogP contribution in [0.1, 0.15) is 31.4 Å². The van der Waals surface area contributed by atoms with Crippen LogP contribution in [0.4, 0.5) is 0 Å². The highest BCUT2D eigenvalue weighted by atomic mass is 16.5. The van der Waals surface area contributed by atoms with E-state index in [9.17, 15) is 4.79 Å². The maximum Gasteiger partial charge on any atom is 0.237 e. The van der Waals surface area contributed by atoms with E-state index in [2.05, 4.69) is 30.6 Å². The summed E-state index contributed by atoms with van der Waals surface area (Å²) in [5.74, 6) is 0.953. The van der Waals surface area contributed by atoms with Crippen molar-refractivity contribution < 1.29 is 9.53 Å². The van der Waals surface area contributed by atoms with E-state index in [0.29, 0.717) is 23.8 Å². The zero-order valence-corrected chi connectivity index (χ0v) is 13.1. The summed E-state index contributed by atoms with van der Waals surface area (Å²) in [4.78, 5) is 12.1. The van der Waals surface area contributed by atoms with Gasteiger partial charge in [0, 0.05) is 6.54 Å². The third kappa shape index (κ3) is 5.09. The first-order valence-electron chi connectivity index (χ1n) is 7.03. The number of benzene rings is 1. The number of amides is 1. The Kier molecular flexibility index (Phi) is 6.70. The average molecular weight is 289 g/mol. The third-order valence-electron chi connectivity index (χ3n) is 3.23. The van der Waals surface area contributed by atoms with Crippen molar-refractivity contribution in [3.8, 4) is 11.8 Å². The summed E-state index contributed by atoms with van der Waals surface area (Å²) < 4.78 is 5.16. The lowest BCUT2D eigenvalue weighted by Crippen LogP contribution is -2.43. The summed E-state index contributed by atoms with van der Waals surface area (Å²) >= 11 is 0. The van der Waals surface area contributed by atoms with E-state index in [1.807, 2.05) is 6.07 Å². The van der Waals surface area contributed by atoms with E-state index >= 15 is 0 Å². The third-order valence-corrected chi connectivity index (χ3v) is 3.23. The topological polar surface area (TPSA) is 74.2 Å². The van der Waals surface area contributed by atoms with Crippen molar-refractivity contribution in [2.75, 3.05) is 14.2 Å². The molecular formula is C16H23N3O2. The van der Waals surface area contributed by atoms with Gasteiger partial charge in [-0.25, -0.2) is 0 Å². The van der Waals surface area contributed by atoms with Gasteiger partial charge in [0.2, 0.25) is 5.91 Å². The Morgan fingerprint density at radius 1 is 1.43 bits per heavy atom. The van der Waals surface area contributed by atoms with Gasteiger partial charge in [-0.2, -0.15) is 5.26 Å². The van der Waals surface area contributed by atoms with Crippen molar-refractivity contribution >= 4 is 5.91 Å². The lowest BCUT2D eigenvalue weighted by Gasteiger charge is -2.18. The molecule has 0 heterocycles. The minimum atomic E-state index is -0.190. The highest BCUT2D eigenvalue weighted by molar-refractivity contribution is 5.81. The quantitative estimate of drug-likeness (QED) is 0.803. The average Bonchev–Trinajstić information content (AvgIpc) is 2.49. The first-order valence-corrected chi connectivity index (χ1v) is 7.03. The molecule has 0 radical (unpaired) electrons. The van der Waals surface area contributed by atoms with Gasteiger partial charge < -0.3 is 15.4 Å². The number of hydrogen-bond donors (Lipinski definition) is 2. The van der Waals surface area contributed by atoms with Gasteiger partial charge in [0.25, 0.3) is 0 Å². The maximum absolute atomic E-state index is 12.1. The summed E-state index contributed by atoms with van der Waals surface area (Å²) in [5, 5.41) is 14.9. The van der Waals surface area contributed by atoms with Crippen molar-refractivity contribution in [1.29, 1.82) is 5.26 Å². The molecule has 0 aliphatic heterocycles. The smallest absolute Gasteiger partial charge is 0.237 e. The molecule has 0 aliphatic rings. The second kappa shape index (κ2) is 8.28. The molecule has 0 saturated heterocycles. The van der Waals surface area contributed by atoms with E-state index in [0.717, 1.165) is 12.0 Å². The molecule has 5 nitrogen and oxygen atoms in total. The predicted molar refractivity (Wildman–Crippen MR) is 81.9 cm³/mol. The summed E-state index contributed by atoms with van der Waals surface area (Å²) in [6, 6.07) is 7.17. The molecule has 1 aromatic carbocycles. The SMILES string of the molecule is CNC(CC(C)C)C(=O)NCc1ccc(C#N)c(OC)c1. The fraction of sp³-hybridized carbons (Fsp3) is 0.500. The number of carbonyl (C=O) groups excluding carboxylic acids is 1. The Balaban J connectivity index is 2.66. The van der Waals surface area contributed by atoms with Crippen molar-refractivity contribution in [2.24, 2.45) is 5.92 Å². The Morgan fingerprint density at radius 3 is 2.67 bits per heavy atom. The first kappa shape index (κ1) is 17.0. The molecule has 1 atom stereocenters. The summed E-state index contributed by atoms with van der Waals surface area (Å²) in [7, 11) is 3.32. The first-order chi connectivity index (χ1) is 10.0. The van der Waals surface area contributed by atoms with Crippen LogP contribution in [0.5, 0.6) is 5.75 Å². The van der Waals surface area contributed by atoms with Gasteiger partial charge in [-0.3, -0.25) is 4.79 Å². The van der Waals surface area contributed by atoms with Crippen LogP contribution < -0.4 is 15.4 Å². The molecule has 0 fully saturated rings. The Hall–Kier alpha value is -2.06. The second-order valence-electron chi connectivity index (χ2n) is 5.34. The van der Waals surface area contributed by atoms with Crippen LogP contribution in [-0.4, -0.2) is 26.1 Å². The Bertz CT molecular complexity index is 521. The highest BCUT2D eigenvalue weighted by Crippen LogP contribution is 2.19. The Morgan fingerprint density at radius 2 is 2.14 bits per heavy atom. The number of nitrogens with one attached hydrogen (secondary N) is 2. The minimum Gasteiger partial charge on any atom is -0.495 e. The normalized spacial score (nSPS) is 11.8. The lowest BCUT2D eigenvalue weighted by atomic mass is 10.0. The van der Waals surface area contributed by atoms with Gasteiger partial charge in [0.05, 0.1) is 18.7 Å². The van der Waals surface area contributed by atoms with Gasteiger partial charge in [-0.05, 0) is 37.1 Å². The van der Waals surface area contributed by atoms with E-state index < -0.39 is 0 Å². The second-order valence-corrected chi connectivity index (χ2v) is 5.34. The molecule has 1 aromatic rings. The minimum absolute atomic E-state index is 0.0190. The van der Waals surface area contributed by atoms with Crippen LogP contribution in [0.2, 0.25) is 0 Å². The Labute approximate surface area is 126 Å². The number of nitrogens with zero attached hydrogens (tertiary/aromatic N) is 1. The monoisotopic (exact) mass is 289 g/mol. The lowest BCUT2D eigenvalue weighted by molar-refractivity contribution is -0.123. The van der Waals surface area contributed by atoms with Crippen molar-refractivity contribution in [3.63, 3.8) is 0 Å². The molecule has 0 saturated carbocycles. The molecule has 5 heteroatoms. The zero-order valence-electron chi connectivity index (χ0n) is 13.1. The molecule has 0 aliphatic carbocycles. The van der Waals surface area contributed by atoms with Gasteiger partial charge in [-0.15, -0.1) is 0 Å². The van der Waals surface area contributed by atoms with Gasteiger partial charge in [-0.1, -0.05) is 19.9 Å². The van der Waals surface area contributed by atoms with E-state index in [-0.39, 0.29) is 11.9 Å². The van der Waals surface area contributed by atoms with E-state index in [1.165, 1.54) is 7.11 Å². The van der Waals surface area contributed by atoms with Crippen LogP contribution in [-0.2, 0) is 11.3 Å². The number of methoxy groups -OCH3 is 1. The van der Waals surface area contributed by atoms with E-state index in [4.69, 9.17) is 10.00 Å². The summed E-state index contributed by atoms with van der Waals surface area (Å²) in [6.07, 6.45) is 0.791. The molecule has 0 aromatic heterocycles. The number of nitriles is 1. The van der Waals surface area contributed by atoms with Crippen LogP contribution in [0.3, 0.4) is 0 Å². The van der Waals surface area contributed by atoms with Crippen molar-refractivity contribution in [2.45, 2.75) is 32.9 Å². The van der Waals surface area contributed by atoms with Gasteiger partial charge in [0.1, 0.15) is 11.8 Å². The molecule has 1 unspecified atom stereocenters. The van der Waals surface area contributed by atoms with Crippen LogP contribution in [0, 0.1) is 17.2 Å². The summed E-state index contributed by atoms with van der Waals surface area (Å²) in [6.45, 7) is 4.59. The van der Waals surface area contributed by atoms with Crippen LogP contribution in [0.25, 0.3) is 0 Å². The zero-order chi connectivity index (χ0) is 15.8. The largest absolute Gasteiger partial charge is 0.495 e. The molecule has 1 amide bonds. The fourth-order valence-corrected chi connectivity index (χ4v) is 2.08. The highest BCUT2D eigenvalue weighted by Gasteiger charge is 2.17. The molecule has 114 valence electrons. The van der Waals surface area contributed by atoms with Crippen molar-refractivity contribution in [3.05, 3.63) is 29.3 Å². The number of ether oxygens (including phenoxy) is 1. The number of hydrogen-bond acceptors (Lipinski definition) is 4. The van der Waals surface area contributed by atoms with E-state index in [1.54, 1.807) is 19.2 Å². The maximum atomic E-state index is 12.1. The number of likely N-dealkylation sites (N-methyl/N-ethyl adjacent to an activating group) is 1. The number of carbonyl (C=O) groups is 1. The fourth-order valence-electron chi connectivity index (χ4n) is 2.08. The molecule has 1 rings (SSSR count). The van der Waals surface area contributed by atoms with Crippen molar-refractivity contribution in [1.82, 2.24) is 10.6 Å². The molecule has 0 bridgehead atoms. The van der Waals surface area contributed by atoms with Crippen LogP contribution >= 0.6 is 0 Å². The molecule has 21 heavy (non-hydrogen) atoms. The predicted octanol–water partition coefficient (Wildman–Crippen LogP) is 1.82. The standard InChI is InChI=1S/C16H23N3O2/c1-11(2)7-14(18-3)16(20)19-10-12-5-6-13(9-17)15(8-12)21-4/h5-6,8,11,14,18H,7,10H2,1-4H3,(H,19,20). The summed E-state index contributed by atoms with van der Waals surface area (Å²) in [5.41, 5.74) is 1.39. The number of rotatable bonds is 7. The molecule has 0 spiro atoms. The van der Waals surface area contributed by atoms with Gasteiger partial charge >= 0.3 is 0 Å². The van der Waals surface area contributed by atoms with Gasteiger partial charge in [0.15, 0.2) is 0 Å².